The van der Waals surface area contributed by atoms with Crippen molar-refractivity contribution >= 4 is 0 Å². The van der Waals surface area contributed by atoms with Gasteiger partial charge in [-0.15, -0.1) is 0 Å². The molecular formula is C13H19N. The van der Waals surface area contributed by atoms with Crippen LogP contribution in [0, 0.1) is 5.41 Å². The van der Waals surface area contributed by atoms with E-state index in [4.69, 9.17) is 0 Å². The maximum absolute atomic E-state index is 3.59. The van der Waals surface area contributed by atoms with Crippen LogP contribution in [0.15, 0.2) is 30.3 Å². The molecule has 0 spiro atoms. The minimum absolute atomic E-state index is 0.578. The Morgan fingerprint density at radius 1 is 1.21 bits per heavy atom. The standard InChI is InChI=1S/C13H19N/c1-13(2)8-12(9-13)14-10-11-6-4-3-5-7-11/h3-7,12,14H,8-10H2,1-2H3. The molecule has 1 nitrogen and oxygen atoms in total. The lowest BCUT2D eigenvalue weighted by molar-refractivity contribution is 0.125. The number of hydrogen-bond acceptors (Lipinski definition) is 1. The van der Waals surface area contributed by atoms with Crippen molar-refractivity contribution < 1.29 is 0 Å². The van der Waals surface area contributed by atoms with E-state index in [2.05, 4.69) is 49.5 Å². The molecule has 76 valence electrons. The Bertz CT molecular complexity index is 281. The molecule has 0 heterocycles. The number of nitrogens with one attached hydrogen (secondary N) is 1. The Morgan fingerprint density at radius 3 is 2.43 bits per heavy atom. The van der Waals surface area contributed by atoms with E-state index >= 15 is 0 Å². The van der Waals surface area contributed by atoms with Crippen LogP contribution in [0.1, 0.15) is 32.3 Å². The fourth-order valence-corrected chi connectivity index (χ4v) is 2.28. The summed E-state index contributed by atoms with van der Waals surface area (Å²) in [5.74, 6) is 0. The molecule has 1 N–H and O–H groups in total. The largest absolute Gasteiger partial charge is 0.310 e. The molecule has 0 radical (unpaired) electrons. The summed E-state index contributed by atoms with van der Waals surface area (Å²) < 4.78 is 0. The molecule has 14 heavy (non-hydrogen) atoms. The Morgan fingerprint density at radius 2 is 1.86 bits per heavy atom. The van der Waals surface area contributed by atoms with Gasteiger partial charge in [0.25, 0.3) is 0 Å². The molecule has 0 amide bonds. The van der Waals surface area contributed by atoms with Gasteiger partial charge < -0.3 is 5.32 Å². The zero-order chi connectivity index (χ0) is 10.0. The van der Waals surface area contributed by atoms with E-state index in [1.54, 1.807) is 0 Å². The van der Waals surface area contributed by atoms with Crippen LogP contribution in [0.2, 0.25) is 0 Å². The van der Waals surface area contributed by atoms with Gasteiger partial charge in [-0.2, -0.15) is 0 Å². The second-order valence-corrected chi connectivity index (χ2v) is 5.14. The van der Waals surface area contributed by atoms with Crippen LogP contribution < -0.4 is 5.32 Å². The zero-order valence-corrected chi connectivity index (χ0v) is 9.09. The van der Waals surface area contributed by atoms with Crippen LogP contribution in [0.5, 0.6) is 0 Å². The van der Waals surface area contributed by atoms with Gasteiger partial charge in [-0.3, -0.25) is 0 Å². The summed E-state index contributed by atoms with van der Waals surface area (Å²) in [6.07, 6.45) is 2.64. The molecule has 1 aromatic carbocycles. The van der Waals surface area contributed by atoms with Gasteiger partial charge in [-0.25, -0.2) is 0 Å². The summed E-state index contributed by atoms with van der Waals surface area (Å²) in [6.45, 7) is 5.70. The average molecular weight is 189 g/mol. The Balaban J connectivity index is 1.75. The molecular weight excluding hydrogens is 170 g/mol. The molecule has 1 heteroatoms. The van der Waals surface area contributed by atoms with E-state index < -0.39 is 0 Å². The topological polar surface area (TPSA) is 12.0 Å². The van der Waals surface area contributed by atoms with Crippen molar-refractivity contribution in [1.82, 2.24) is 5.32 Å². The number of hydrogen-bond donors (Lipinski definition) is 1. The van der Waals surface area contributed by atoms with Crippen molar-refractivity contribution in [1.29, 1.82) is 0 Å². The summed E-state index contributed by atoms with van der Waals surface area (Å²) in [5.41, 5.74) is 1.96. The van der Waals surface area contributed by atoms with Crippen molar-refractivity contribution in [3.63, 3.8) is 0 Å². The molecule has 1 saturated carbocycles. The van der Waals surface area contributed by atoms with Gasteiger partial charge in [0.05, 0.1) is 0 Å². The maximum Gasteiger partial charge on any atom is 0.0208 e. The molecule has 1 aliphatic carbocycles. The van der Waals surface area contributed by atoms with Gasteiger partial charge in [-0.1, -0.05) is 44.2 Å². The first-order valence-corrected chi connectivity index (χ1v) is 5.43. The van der Waals surface area contributed by atoms with Gasteiger partial charge in [-0.05, 0) is 23.8 Å². The normalized spacial score (nSPS) is 20.4. The van der Waals surface area contributed by atoms with E-state index in [0.717, 1.165) is 12.6 Å². The first-order valence-electron chi connectivity index (χ1n) is 5.43. The molecule has 1 aliphatic rings. The predicted molar refractivity (Wildman–Crippen MR) is 60.1 cm³/mol. The average Bonchev–Trinajstić information content (AvgIpc) is 2.13. The van der Waals surface area contributed by atoms with E-state index in [1.165, 1.54) is 18.4 Å². The summed E-state index contributed by atoms with van der Waals surface area (Å²) >= 11 is 0. The zero-order valence-electron chi connectivity index (χ0n) is 9.09. The molecule has 0 atom stereocenters. The smallest absolute Gasteiger partial charge is 0.0208 e. The highest BCUT2D eigenvalue weighted by atomic mass is 14.9. The van der Waals surface area contributed by atoms with Crippen molar-refractivity contribution in [3.8, 4) is 0 Å². The summed E-state index contributed by atoms with van der Waals surface area (Å²) in [6, 6.07) is 11.4. The minimum Gasteiger partial charge on any atom is -0.310 e. The minimum atomic E-state index is 0.578. The van der Waals surface area contributed by atoms with Crippen LogP contribution in [-0.4, -0.2) is 6.04 Å². The Kier molecular flexibility index (Phi) is 2.60. The molecule has 0 bridgehead atoms. The fourth-order valence-electron chi connectivity index (χ4n) is 2.28. The second-order valence-electron chi connectivity index (χ2n) is 5.14. The van der Waals surface area contributed by atoms with Crippen molar-refractivity contribution in [2.24, 2.45) is 5.41 Å². The molecule has 0 aliphatic heterocycles. The predicted octanol–water partition coefficient (Wildman–Crippen LogP) is 2.96. The Hall–Kier alpha value is -0.820. The van der Waals surface area contributed by atoms with E-state index in [1.807, 2.05) is 0 Å². The van der Waals surface area contributed by atoms with Crippen molar-refractivity contribution in [2.45, 2.75) is 39.3 Å². The van der Waals surface area contributed by atoms with Crippen LogP contribution >= 0.6 is 0 Å². The third kappa shape index (κ3) is 2.36. The molecule has 0 aromatic heterocycles. The van der Waals surface area contributed by atoms with E-state index in [-0.39, 0.29) is 0 Å². The molecule has 1 aromatic rings. The summed E-state index contributed by atoms with van der Waals surface area (Å²) in [4.78, 5) is 0. The maximum atomic E-state index is 3.59. The highest BCUT2D eigenvalue weighted by Gasteiger charge is 2.35. The van der Waals surface area contributed by atoms with Crippen LogP contribution in [-0.2, 0) is 6.54 Å². The third-order valence-electron chi connectivity index (χ3n) is 3.04. The first-order chi connectivity index (χ1) is 6.66. The second kappa shape index (κ2) is 3.74. The van der Waals surface area contributed by atoms with Crippen molar-refractivity contribution in [2.75, 3.05) is 0 Å². The summed E-state index contributed by atoms with van der Waals surface area (Å²) in [5, 5.41) is 3.59. The third-order valence-corrected chi connectivity index (χ3v) is 3.04. The Labute approximate surface area is 86.5 Å². The highest BCUT2D eigenvalue weighted by Crippen LogP contribution is 2.39. The van der Waals surface area contributed by atoms with E-state index in [0.29, 0.717) is 5.41 Å². The van der Waals surface area contributed by atoms with Crippen LogP contribution in [0.25, 0.3) is 0 Å². The van der Waals surface area contributed by atoms with E-state index in [9.17, 15) is 0 Å². The molecule has 2 rings (SSSR count). The number of benzene rings is 1. The molecule has 0 unspecified atom stereocenters. The van der Waals surface area contributed by atoms with Crippen molar-refractivity contribution in [3.05, 3.63) is 35.9 Å². The quantitative estimate of drug-likeness (QED) is 0.771. The SMILES string of the molecule is CC1(C)CC(NCc2ccccc2)C1. The van der Waals surface area contributed by atoms with Gasteiger partial charge in [0.15, 0.2) is 0 Å². The summed E-state index contributed by atoms with van der Waals surface area (Å²) in [7, 11) is 0. The van der Waals surface area contributed by atoms with Gasteiger partial charge in [0.2, 0.25) is 0 Å². The lowest BCUT2D eigenvalue weighted by Gasteiger charge is -2.43. The van der Waals surface area contributed by atoms with Gasteiger partial charge >= 0.3 is 0 Å². The fraction of sp³-hybridized carbons (Fsp3) is 0.538. The lowest BCUT2D eigenvalue weighted by Crippen LogP contribution is -2.45. The molecule has 1 fully saturated rings. The molecule has 0 saturated heterocycles. The van der Waals surface area contributed by atoms with Crippen LogP contribution in [0.4, 0.5) is 0 Å². The number of rotatable bonds is 3. The van der Waals surface area contributed by atoms with Crippen LogP contribution in [0.3, 0.4) is 0 Å². The first kappa shape index (κ1) is 9.72. The van der Waals surface area contributed by atoms with Gasteiger partial charge in [0.1, 0.15) is 0 Å². The lowest BCUT2D eigenvalue weighted by atomic mass is 9.68. The monoisotopic (exact) mass is 189 g/mol. The van der Waals surface area contributed by atoms with Gasteiger partial charge in [0, 0.05) is 12.6 Å². The highest BCUT2D eigenvalue weighted by molar-refractivity contribution is 5.14.